The molecule has 0 aliphatic carbocycles. The zero-order chi connectivity index (χ0) is 17.1. The maximum atomic E-state index is 13.2. The number of nitrogens with zero attached hydrogens (tertiary/aromatic N) is 2. The second-order valence-corrected chi connectivity index (χ2v) is 5.01. The van der Waals surface area contributed by atoms with Gasteiger partial charge in [0.1, 0.15) is 5.82 Å². The lowest BCUT2D eigenvalue weighted by molar-refractivity contribution is 0.100. The number of anilines is 1. The van der Waals surface area contributed by atoms with Crippen LogP contribution in [0.25, 0.3) is 11.5 Å². The first-order valence-corrected chi connectivity index (χ1v) is 7.05. The molecule has 0 saturated carbocycles. The molecule has 0 aliphatic rings. The molecule has 1 N–H and O–H groups in total. The molecule has 1 amide bonds. The molecular weight excluding hydrogens is 313 g/mol. The number of rotatable bonds is 4. The third kappa shape index (κ3) is 3.35. The van der Waals surface area contributed by atoms with Gasteiger partial charge in [0.15, 0.2) is 5.78 Å². The third-order valence-electron chi connectivity index (χ3n) is 3.27. The van der Waals surface area contributed by atoms with E-state index in [-0.39, 0.29) is 17.7 Å². The van der Waals surface area contributed by atoms with Gasteiger partial charge in [0, 0.05) is 16.7 Å². The minimum absolute atomic E-state index is 0.0846. The summed E-state index contributed by atoms with van der Waals surface area (Å²) in [7, 11) is 0. The Kier molecular flexibility index (Phi) is 4.15. The number of carbonyl (C=O) groups excluding carboxylic acids is 2. The Morgan fingerprint density at radius 1 is 1.04 bits per heavy atom. The summed E-state index contributed by atoms with van der Waals surface area (Å²) in [5.74, 6) is -0.878. The number of carbonyl (C=O) groups is 2. The smallest absolute Gasteiger partial charge is 0.322 e. The minimum Gasteiger partial charge on any atom is -0.403 e. The van der Waals surface area contributed by atoms with Gasteiger partial charge in [-0.3, -0.25) is 14.9 Å². The molecule has 6 nitrogen and oxygen atoms in total. The molecule has 0 spiro atoms. The van der Waals surface area contributed by atoms with Gasteiger partial charge in [-0.2, -0.15) is 0 Å². The Labute approximate surface area is 136 Å². The van der Waals surface area contributed by atoms with Crippen molar-refractivity contribution in [3.63, 3.8) is 0 Å². The SMILES string of the molecule is CC(=O)c1ccc(C(=O)Nc2nnc(-c3cccc(F)c3)o2)cc1. The first-order chi connectivity index (χ1) is 11.5. The van der Waals surface area contributed by atoms with Crippen molar-refractivity contribution >= 4 is 17.7 Å². The third-order valence-corrected chi connectivity index (χ3v) is 3.27. The Bertz CT molecular complexity index is 903. The lowest BCUT2D eigenvalue weighted by Gasteiger charge is -2.01. The zero-order valence-corrected chi connectivity index (χ0v) is 12.6. The van der Waals surface area contributed by atoms with E-state index in [0.29, 0.717) is 16.7 Å². The van der Waals surface area contributed by atoms with Crippen LogP contribution in [0.1, 0.15) is 27.6 Å². The van der Waals surface area contributed by atoms with Crippen LogP contribution in [0.2, 0.25) is 0 Å². The summed E-state index contributed by atoms with van der Waals surface area (Å²) in [6.07, 6.45) is 0. The molecule has 1 heterocycles. The van der Waals surface area contributed by atoms with Crippen LogP contribution in [0.5, 0.6) is 0 Å². The van der Waals surface area contributed by atoms with Gasteiger partial charge >= 0.3 is 6.01 Å². The number of benzene rings is 2. The largest absolute Gasteiger partial charge is 0.403 e. The number of Topliss-reactive ketones (excluding diaryl/α,β-unsaturated/α-hetero) is 1. The van der Waals surface area contributed by atoms with Crippen molar-refractivity contribution in [3.8, 4) is 11.5 Å². The van der Waals surface area contributed by atoms with Gasteiger partial charge in [-0.05, 0) is 37.3 Å². The number of hydrogen-bond donors (Lipinski definition) is 1. The van der Waals surface area contributed by atoms with E-state index in [0.717, 1.165) is 0 Å². The van der Waals surface area contributed by atoms with Crippen LogP contribution in [-0.2, 0) is 0 Å². The zero-order valence-electron chi connectivity index (χ0n) is 12.6. The van der Waals surface area contributed by atoms with E-state index in [1.165, 1.54) is 37.3 Å². The van der Waals surface area contributed by atoms with Crippen molar-refractivity contribution in [2.45, 2.75) is 6.92 Å². The molecule has 3 aromatic rings. The predicted octanol–water partition coefficient (Wildman–Crippen LogP) is 3.33. The standard InChI is InChI=1S/C17H12FN3O3/c1-10(22)11-5-7-12(8-6-11)15(23)19-17-21-20-16(24-17)13-3-2-4-14(18)9-13/h2-9H,1H3,(H,19,21,23). The van der Waals surface area contributed by atoms with Gasteiger partial charge < -0.3 is 4.42 Å². The van der Waals surface area contributed by atoms with Crippen LogP contribution < -0.4 is 5.32 Å². The lowest BCUT2D eigenvalue weighted by Crippen LogP contribution is -2.12. The molecule has 24 heavy (non-hydrogen) atoms. The highest BCUT2D eigenvalue weighted by Gasteiger charge is 2.13. The minimum atomic E-state index is -0.459. The Morgan fingerprint density at radius 2 is 1.75 bits per heavy atom. The summed E-state index contributed by atoms with van der Waals surface area (Å²) in [6, 6.07) is 11.7. The normalized spacial score (nSPS) is 10.4. The monoisotopic (exact) mass is 325 g/mol. The van der Waals surface area contributed by atoms with Gasteiger partial charge in [0.2, 0.25) is 5.89 Å². The van der Waals surface area contributed by atoms with Crippen LogP contribution in [0, 0.1) is 5.82 Å². The highest BCUT2D eigenvalue weighted by molar-refractivity contribution is 6.04. The van der Waals surface area contributed by atoms with Crippen molar-refractivity contribution < 1.29 is 18.4 Å². The summed E-state index contributed by atoms with van der Waals surface area (Å²) in [4.78, 5) is 23.3. The van der Waals surface area contributed by atoms with Crippen LogP contribution in [0.15, 0.2) is 52.9 Å². The van der Waals surface area contributed by atoms with Crippen molar-refractivity contribution in [1.82, 2.24) is 10.2 Å². The molecular formula is C17H12FN3O3. The van der Waals surface area contributed by atoms with Crippen LogP contribution >= 0.6 is 0 Å². The summed E-state index contributed by atoms with van der Waals surface area (Å²) < 4.78 is 18.5. The Hall–Kier alpha value is -3.35. The molecule has 0 aliphatic heterocycles. The average Bonchev–Trinajstić information content (AvgIpc) is 3.03. The van der Waals surface area contributed by atoms with Crippen LogP contribution in [0.4, 0.5) is 10.4 Å². The van der Waals surface area contributed by atoms with Crippen molar-refractivity contribution in [1.29, 1.82) is 0 Å². The molecule has 1 aromatic heterocycles. The highest BCUT2D eigenvalue weighted by atomic mass is 19.1. The topological polar surface area (TPSA) is 85.1 Å². The molecule has 0 atom stereocenters. The lowest BCUT2D eigenvalue weighted by atomic mass is 10.1. The van der Waals surface area contributed by atoms with Gasteiger partial charge in [0.25, 0.3) is 5.91 Å². The summed E-state index contributed by atoms with van der Waals surface area (Å²) in [6.45, 7) is 1.45. The second-order valence-electron chi connectivity index (χ2n) is 5.01. The molecule has 0 unspecified atom stereocenters. The maximum Gasteiger partial charge on any atom is 0.322 e. The first kappa shape index (κ1) is 15.5. The van der Waals surface area contributed by atoms with Crippen molar-refractivity contribution in [3.05, 3.63) is 65.5 Å². The van der Waals surface area contributed by atoms with E-state index < -0.39 is 11.7 Å². The molecule has 0 saturated heterocycles. The Morgan fingerprint density at radius 3 is 2.42 bits per heavy atom. The van der Waals surface area contributed by atoms with Crippen LogP contribution in [0.3, 0.4) is 0 Å². The fourth-order valence-electron chi connectivity index (χ4n) is 2.04. The van der Waals surface area contributed by atoms with E-state index >= 15 is 0 Å². The highest BCUT2D eigenvalue weighted by Crippen LogP contribution is 2.20. The maximum absolute atomic E-state index is 13.2. The van der Waals surface area contributed by atoms with E-state index in [1.807, 2.05) is 0 Å². The molecule has 0 fully saturated rings. The fourth-order valence-corrected chi connectivity index (χ4v) is 2.04. The number of nitrogens with one attached hydrogen (secondary N) is 1. The van der Waals surface area contributed by atoms with Gasteiger partial charge in [-0.15, -0.1) is 5.10 Å². The molecule has 3 rings (SSSR count). The summed E-state index contributed by atoms with van der Waals surface area (Å²) >= 11 is 0. The number of amides is 1. The number of hydrogen-bond acceptors (Lipinski definition) is 5. The fraction of sp³-hybridized carbons (Fsp3) is 0.0588. The number of aromatic nitrogens is 2. The van der Waals surface area contributed by atoms with Crippen molar-refractivity contribution in [2.24, 2.45) is 0 Å². The summed E-state index contributed by atoms with van der Waals surface area (Å²) in [5.41, 5.74) is 1.26. The molecule has 0 bridgehead atoms. The van der Waals surface area contributed by atoms with Gasteiger partial charge in [-0.1, -0.05) is 23.3 Å². The van der Waals surface area contributed by atoms with E-state index in [4.69, 9.17) is 4.42 Å². The van der Waals surface area contributed by atoms with Crippen molar-refractivity contribution in [2.75, 3.05) is 5.32 Å². The molecule has 0 radical (unpaired) electrons. The molecule has 120 valence electrons. The van der Waals surface area contributed by atoms with Crippen LogP contribution in [-0.4, -0.2) is 21.9 Å². The molecule has 2 aromatic carbocycles. The van der Waals surface area contributed by atoms with Gasteiger partial charge in [0.05, 0.1) is 0 Å². The van der Waals surface area contributed by atoms with E-state index in [2.05, 4.69) is 15.5 Å². The molecule has 7 heteroatoms. The van der Waals surface area contributed by atoms with E-state index in [9.17, 15) is 14.0 Å². The second kappa shape index (κ2) is 6.41. The first-order valence-electron chi connectivity index (χ1n) is 7.05. The number of halogens is 1. The predicted molar refractivity (Wildman–Crippen MR) is 84.1 cm³/mol. The summed E-state index contributed by atoms with van der Waals surface area (Å²) in [5, 5.41) is 9.93. The quantitative estimate of drug-likeness (QED) is 0.744. The van der Waals surface area contributed by atoms with E-state index in [1.54, 1.807) is 18.2 Å². The Balaban J connectivity index is 1.74. The average molecular weight is 325 g/mol. The van der Waals surface area contributed by atoms with Gasteiger partial charge in [-0.25, -0.2) is 4.39 Å². The number of ketones is 1.